The second-order valence-electron chi connectivity index (χ2n) is 6.57. The smallest absolute Gasteiger partial charge is 0.387 e. The van der Waals surface area contributed by atoms with Crippen molar-refractivity contribution in [1.29, 1.82) is 0 Å². The first kappa shape index (κ1) is 23.1. The van der Waals surface area contributed by atoms with Crippen molar-refractivity contribution in [2.24, 2.45) is 5.73 Å². The molecule has 0 saturated carbocycles. The molecule has 1 saturated heterocycles. The van der Waals surface area contributed by atoms with Crippen LogP contribution in [0.2, 0.25) is 0 Å². The van der Waals surface area contributed by atoms with E-state index in [-0.39, 0.29) is 30.2 Å². The van der Waals surface area contributed by atoms with Crippen LogP contribution in [0.25, 0.3) is 11.3 Å². The number of aromatic amines is 1. The summed E-state index contributed by atoms with van der Waals surface area (Å²) in [6.45, 7) is -0.495. The molecule has 1 fully saturated rings. The Balaban J connectivity index is 0.00000300. The van der Waals surface area contributed by atoms with Gasteiger partial charge in [-0.25, -0.2) is 0 Å². The largest absolute Gasteiger partial charge is 0.435 e. The van der Waals surface area contributed by atoms with Crippen LogP contribution in [-0.4, -0.2) is 60.0 Å². The van der Waals surface area contributed by atoms with Crippen molar-refractivity contribution in [3.05, 3.63) is 36.0 Å². The molecule has 3 rings (SSSR count). The van der Waals surface area contributed by atoms with E-state index in [2.05, 4.69) is 14.9 Å². The second kappa shape index (κ2) is 11.1. The molecule has 7 nitrogen and oxygen atoms in total. The average Bonchev–Trinajstić information content (AvgIpc) is 3.18. The summed E-state index contributed by atoms with van der Waals surface area (Å²) in [4.78, 5) is 14.7. The summed E-state index contributed by atoms with van der Waals surface area (Å²) >= 11 is 0. The van der Waals surface area contributed by atoms with E-state index in [9.17, 15) is 13.6 Å². The van der Waals surface area contributed by atoms with Crippen LogP contribution in [0.15, 0.2) is 30.5 Å². The van der Waals surface area contributed by atoms with Crippen LogP contribution in [0.5, 0.6) is 5.75 Å². The number of nitrogens with two attached hydrogens (primary N) is 1. The van der Waals surface area contributed by atoms with Crippen molar-refractivity contribution in [3.8, 4) is 17.0 Å². The van der Waals surface area contributed by atoms with Crippen LogP contribution < -0.4 is 10.5 Å². The van der Waals surface area contributed by atoms with E-state index in [1.54, 1.807) is 17.0 Å². The predicted molar refractivity (Wildman–Crippen MR) is 106 cm³/mol. The highest BCUT2D eigenvalue weighted by Gasteiger charge is 2.26. The van der Waals surface area contributed by atoms with Gasteiger partial charge in [0.2, 0.25) is 0 Å². The zero-order valence-corrected chi connectivity index (χ0v) is 16.7. The second-order valence-corrected chi connectivity index (χ2v) is 6.57. The van der Waals surface area contributed by atoms with Crippen LogP contribution >= 0.6 is 12.4 Å². The third-order valence-corrected chi connectivity index (χ3v) is 4.65. The van der Waals surface area contributed by atoms with Crippen LogP contribution in [0.4, 0.5) is 8.78 Å². The van der Waals surface area contributed by atoms with E-state index in [1.807, 2.05) is 0 Å². The number of hydrogen-bond acceptors (Lipinski definition) is 5. The number of hydrogen-bond donors (Lipinski definition) is 2. The highest BCUT2D eigenvalue weighted by Crippen LogP contribution is 2.27. The topological polar surface area (TPSA) is 93.5 Å². The zero-order chi connectivity index (χ0) is 19.9. The molecule has 2 heterocycles. The van der Waals surface area contributed by atoms with Gasteiger partial charge in [-0.2, -0.15) is 13.9 Å². The van der Waals surface area contributed by atoms with Crippen molar-refractivity contribution in [2.75, 3.05) is 26.2 Å². The minimum absolute atomic E-state index is 0. The Morgan fingerprint density at radius 1 is 1.34 bits per heavy atom. The van der Waals surface area contributed by atoms with Crippen LogP contribution in [-0.2, 0) is 4.74 Å². The number of carbonyl (C=O) groups excluding carboxylic acids is 1. The number of nitrogens with zero attached hydrogens (tertiary/aromatic N) is 2. The van der Waals surface area contributed by atoms with Gasteiger partial charge in [0.1, 0.15) is 5.75 Å². The number of nitrogens with one attached hydrogen (secondary N) is 1. The molecule has 0 unspecified atom stereocenters. The Labute approximate surface area is 174 Å². The number of ether oxygens (including phenoxy) is 2. The molecule has 2 aromatic rings. The highest BCUT2D eigenvalue weighted by atomic mass is 35.5. The monoisotopic (exact) mass is 430 g/mol. The summed E-state index contributed by atoms with van der Waals surface area (Å²) in [6, 6.07) is 6.18. The fourth-order valence-corrected chi connectivity index (χ4v) is 3.23. The molecule has 1 aromatic carbocycles. The molecular formula is C19H25ClF2N4O3. The van der Waals surface area contributed by atoms with Crippen LogP contribution in [0.1, 0.15) is 29.6 Å². The lowest BCUT2D eigenvalue weighted by Gasteiger charge is -2.32. The Bertz CT molecular complexity index is 782. The van der Waals surface area contributed by atoms with E-state index in [0.29, 0.717) is 43.1 Å². The Hall–Kier alpha value is -2.23. The quantitative estimate of drug-likeness (QED) is 0.628. The number of likely N-dealkylation sites (tertiary alicyclic amines) is 1. The summed E-state index contributed by atoms with van der Waals surface area (Å²) in [5.74, 6) is -0.125. The van der Waals surface area contributed by atoms with Crippen molar-refractivity contribution in [2.45, 2.75) is 32.0 Å². The van der Waals surface area contributed by atoms with E-state index in [0.717, 1.165) is 19.3 Å². The highest BCUT2D eigenvalue weighted by molar-refractivity contribution is 5.99. The summed E-state index contributed by atoms with van der Waals surface area (Å²) in [5.41, 5.74) is 6.90. The third kappa shape index (κ3) is 6.12. The van der Waals surface area contributed by atoms with Gasteiger partial charge >= 0.3 is 6.61 Å². The minimum atomic E-state index is -2.91. The van der Waals surface area contributed by atoms with Gasteiger partial charge in [-0.3, -0.25) is 9.89 Å². The molecule has 1 aliphatic rings. The van der Waals surface area contributed by atoms with Crippen molar-refractivity contribution in [3.63, 3.8) is 0 Å². The van der Waals surface area contributed by atoms with Crippen molar-refractivity contribution in [1.82, 2.24) is 15.1 Å². The maximum absolute atomic E-state index is 12.9. The molecule has 0 spiro atoms. The molecule has 1 amide bonds. The van der Waals surface area contributed by atoms with Crippen molar-refractivity contribution >= 4 is 18.3 Å². The van der Waals surface area contributed by atoms with E-state index in [1.165, 1.54) is 18.3 Å². The average molecular weight is 431 g/mol. The lowest BCUT2D eigenvalue weighted by Crippen LogP contribution is -2.41. The minimum Gasteiger partial charge on any atom is -0.435 e. The van der Waals surface area contributed by atoms with Crippen LogP contribution in [0, 0.1) is 0 Å². The number of aromatic nitrogens is 2. The summed E-state index contributed by atoms with van der Waals surface area (Å²) < 4.78 is 35.1. The molecular weight excluding hydrogens is 406 g/mol. The molecule has 3 N–H and O–H groups in total. The molecule has 160 valence electrons. The molecule has 0 aliphatic carbocycles. The van der Waals surface area contributed by atoms with Gasteiger partial charge in [0.25, 0.3) is 5.91 Å². The standard InChI is InChI=1S/C19H24F2N4O3.ClH/c20-19(21)28-15-4-1-3-13(11-15)17-16(12-23-24-17)18(26)25-8-5-14(6-9-25)27-10-2-7-22;/h1,3-4,11-12,14,19H,2,5-10,22H2,(H,23,24);1H. The van der Waals surface area contributed by atoms with E-state index in [4.69, 9.17) is 10.5 Å². The SMILES string of the molecule is Cl.NCCCOC1CCN(C(=O)c2cn[nH]c2-c2cccc(OC(F)F)c2)CC1. The fourth-order valence-electron chi connectivity index (χ4n) is 3.23. The summed E-state index contributed by atoms with van der Waals surface area (Å²) in [6.07, 6.45) is 3.96. The number of carbonyl (C=O) groups is 1. The lowest BCUT2D eigenvalue weighted by atomic mass is 10.0. The van der Waals surface area contributed by atoms with Gasteiger partial charge in [0.15, 0.2) is 0 Å². The Kier molecular flexibility index (Phi) is 8.81. The molecule has 1 aromatic heterocycles. The number of H-pyrrole nitrogens is 1. The van der Waals surface area contributed by atoms with Crippen molar-refractivity contribution < 1.29 is 23.0 Å². The fraction of sp³-hybridized carbons (Fsp3) is 0.474. The maximum atomic E-state index is 12.9. The summed E-state index contributed by atoms with van der Waals surface area (Å²) in [5, 5.41) is 6.76. The van der Waals surface area contributed by atoms with Gasteiger partial charge in [-0.05, 0) is 37.9 Å². The molecule has 0 bridgehead atoms. The van der Waals surface area contributed by atoms with Crippen LogP contribution in [0.3, 0.4) is 0 Å². The van der Waals surface area contributed by atoms with Gasteiger partial charge in [0, 0.05) is 25.3 Å². The first-order valence-electron chi connectivity index (χ1n) is 9.28. The van der Waals surface area contributed by atoms with E-state index < -0.39 is 6.61 Å². The number of halogens is 3. The van der Waals surface area contributed by atoms with E-state index >= 15 is 0 Å². The predicted octanol–water partition coefficient (Wildman–Crippen LogP) is 3.07. The zero-order valence-electron chi connectivity index (χ0n) is 15.9. The number of alkyl halides is 2. The number of piperidine rings is 1. The van der Waals surface area contributed by atoms with Gasteiger partial charge < -0.3 is 20.1 Å². The molecule has 1 aliphatic heterocycles. The van der Waals surface area contributed by atoms with Gasteiger partial charge in [-0.15, -0.1) is 12.4 Å². The Morgan fingerprint density at radius 2 is 2.10 bits per heavy atom. The Morgan fingerprint density at radius 3 is 2.79 bits per heavy atom. The number of amides is 1. The molecule has 29 heavy (non-hydrogen) atoms. The first-order chi connectivity index (χ1) is 13.6. The molecule has 0 radical (unpaired) electrons. The van der Waals surface area contributed by atoms with Gasteiger partial charge in [0.05, 0.1) is 23.6 Å². The molecule has 10 heteroatoms. The number of rotatable bonds is 8. The lowest BCUT2D eigenvalue weighted by molar-refractivity contribution is -0.0498. The third-order valence-electron chi connectivity index (χ3n) is 4.65. The maximum Gasteiger partial charge on any atom is 0.387 e. The molecule has 0 atom stereocenters. The van der Waals surface area contributed by atoms with Gasteiger partial charge in [-0.1, -0.05) is 12.1 Å². The summed E-state index contributed by atoms with van der Waals surface area (Å²) in [7, 11) is 0. The first-order valence-corrected chi connectivity index (χ1v) is 9.28. The number of benzene rings is 1. The normalized spacial score (nSPS) is 14.7.